The molecule has 2 aliphatic heterocycles. The summed E-state index contributed by atoms with van der Waals surface area (Å²) in [4.78, 5) is 4.46. The van der Waals surface area contributed by atoms with Crippen molar-refractivity contribution in [1.82, 2.24) is 10.2 Å². The van der Waals surface area contributed by atoms with Gasteiger partial charge in [0.25, 0.3) is 0 Å². The van der Waals surface area contributed by atoms with E-state index < -0.39 is 0 Å². The Kier molecular flexibility index (Phi) is 4.73. The molecule has 0 aliphatic carbocycles. The van der Waals surface area contributed by atoms with Crippen molar-refractivity contribution in [1.29, 1.82) is 0 Å². The minimum Gasteiger partial charge on any atom is -0.393 e. The van der Waals surface area contributed by atoms with Crippen LogP contribution in [0, 0.1) is 5.82 Å². The highest BCUT2D eigenvalue weighted by Gasteiger charge is 2.19. The summed E-state index contributed by atoms with van der Waals surface area (Å²) in [6.07, 6.45) is 1.53. The monoisotopic (exact) mass is 293 g/mol. The minimum atomic E-state index is -0.147. The highest BCUT2D eigenvalue weighted by molar-refractivity contribution is 5.50. The molecule has 2 aliphatic rings. The first-order valence-corrected chi connectivity index (χ1v) is 7.87. The zero-order valence-electron chi connectivity index (χ0n) is 12.4. The number of anilines is 1. The molecule has 2 fully saturated rings. The molecule has 116 valence electrons. The molecule has 0 amide bonds. The molecule has 0 bridgehead atoms. The van der Waals surface area contributed by atoms with E-state index in [0.717, 1.165) is 69.9 Å². The summed E-state index contributed by atoms with van der Waals surface area (Å²) in [5.41, 5.74) is 1.88. The molecule has 3 rings (SSSR count). The van der Waals surface area contributed by atoms with Crippen LogP contribution >= 0.6 is 0 Å². The van der Waals surface area contributed by atoms with E-state index in [1.54, 1.807) is 6.07 Å². The Morgan fingerprint density at radius 2 is 1.86 bits per heavy atom. The third kappa shape index (κ3) is 3.73. The maximum Gasteiger partial charge on any atom is 0.146 e. The molecule has 2 heterocycles. The average molecular weight is 293 g/mol. The zero-order valence-corrected chi connectivity index (χ0v) is 12.4. The summed E-state index contributed by atoms with van der Waals surface area (Å²) < 4.78 is 14.1. The molecule has 0 spiro atoms. The smallest absolute Gasteiger partial charge is 0.146 e. The number of benzene rings is 1. The van der Waals surface area contributed by atoms with Gasteiger partial charge >= 0.3 is 0 Å². The van der Waals surface area contributed by atoms with E-state index in [4.69, 9.17) is 0 Å². The molecule has 4 nitrogen and oxygen atoms in total. The molecular formula is C16H24FN3O. The Labute approximate surface area is 125 Å². The number of rotatable bonds is 3. The van der Waals surface area contributed by atoms with Crippen molar-refractivity contribution in [3.05, 3.63) is 29.6 Å². The first kappa shape index (κ1) is 14.8. The van der Waals surface area contributed by atoms with E-state index in [0.29, 0.717) is 0 Å². The molecule has 0 saturated carbocycles. The van der Waals surface area contributed by atoms with Crippen molar-refractivity contribution in [2.24, 2.45) is 0 Å². The largest absolute Gasteiger partial charge is 0.393 e. The van der Waals surface area contributed by atoms with Gasteiger partial charge in [-0.3, -0.25) is 4.90 Å². The van der Waals surface area contributed by atoms with Gasteiger partial charge in [-0.05, 0) is 30.5 Å². The average Bonchev–Trinajstić information content (AvgIpc) is 2.52. The van der Waals surface area contributed by atoms with Crippen LogP contribution in [0.3, 0.4) is 0 Å². The van der Waals surface area contributed by atoms with Gasteiger partial charge in [-0.2, -0.15) is 0 Å². The summed E-state index contributed by atoms with van der Waals surface area (Å²) in [5.74, 6) is -0.130. The van der Waals surface area contributed by atoms with E-state index >= 15 is 0 Å². The maximum atomic E-state index is 14.1. The number of piperidine rings is 1. The second-order valence-electron chi connectivity index (χ2n) is 6.03. The minimum absolute atomic E-state index is 0.130. The number of aliphatic hydroxyl groups is 1. The predicted molar refractivity (Wildman–Crippen MR) is 82.0 cm³/mol. The van der Waals surface area contributed by atoms with E-state index in [2.05, 4.69) is 15.1 Å². The van der Waals surface area contributed by atoms with Crippen LogP contribution in [0.25, 0.3) is 0 Å². The summed E-state index contributed by atoms with van der Waals surface area (Å²) in [7, 11) is 0. The van der Waals surface area contributed by atoms with Crippen LogP contribution in [0.2, 0.25) is 0 Å². The van der Waals surface area contributed by atoms with Gasteiger partial charge in [-0.25, -0.2) is 4.39 Å². The third-order valence-electron chi connectivity index (χ3n) is 4.43. The number of piperazine rings is 1. The van der Waals surface area contributed by atoms with Gasteiger partial charge in [0.15, 0.2) is 0 Å². The molecule has 1 aromatic carbocycles. The topological polar surface area (TPSA) is 38.7 Å². The maximum absolute atomic E-state index is 14.1. The molecule has 21 heavy (non-hydrogen) atoms. The number of nitrogens with one attached hydrogen (secondary N) is 1. The molecule has 1 aromatic rings. The lowest BCUT2D eigenvalue weighted by molar-refractivity contribution is 0.0792. The van der Waals surface area contributed by atoms with Crippen LogP contribution < -0.4 is 10.2 Å². The summed E-state index contributed by atoms with van der Waals surface area (Å²) >= 11 is 0. The third-order valence-corrected chi connectivity index (χ3v) is 4.43. The van der Waals surface area contributed by atoms with Crippen molar-refractivity contribution in [3.8, 4) is 0 Å². The summed E-state index contributed by atoms with van der Waals surface area (Å²) in [6.45, 7) is 6.21. The first-order chi connectivity index (χ1) is 10.2. The fourth-order valence-electron chi connectivity index (χ4n) is 3.14. The lowest BCUT2D eigenvalue weighted by Crippen LogP contribution is -2.44. The van der Waals surface area contributed by atoms with E-state index in [1.807, 2.05) is 12.1 Å². The molecular weight excluding hydrogens is 269 g/mol. The Bertz CT molecular complexity index is 469. The molecule has 2 saturated heterocycles. The molecule has 0 unspecified atom stereocenters. The molecule has 2 N–H and O–H groups in total. The van der Waals surface area contributed by atoms with Crippen LogP contribution in [-0.4, -0.2) is 55.4 Å². The fraction of sp³-hybridized carbons (Fsp3) is 0.625. The van der Waals surface area contributed by atoms with E-state index in [-0.39, 0.29) is 11.9 Å². The number of aliphatic hydroxyl groups excluding tert-OH is 1. The van der Waals surface area contributed by atoms with Gasteiger partial charge in [-0.15, -0.1) is 0 Å². The molecule has 0 atom stereocenters. The normalized spacial score (nSPS) is 21.7. The lowest BCUT2D eigenvalue weighted by atomic mass is 10.1. The Balaban J connectivity index is 1.68. The van der Waals surface area contributed by atoms with Gasteiger partial charge in [0.1, 0.15) is 5.82 Å². The van der Waals surface area contributed by atoms with Crippen molar-refractivity contribution < 1.29 is 9.50 Å². The standard InChI is InChI=1S/C16H24FN3O/c17-15-2-1-13(12-19-7-3-14(21)4-8-19)11-16(15)20-9-5-18-6-10-20/h1-2,11,14,18,21H,3-10,12H2. The summed E-state index contributed by atoms with van der Waals surface area (Å²) in [6, 6.07) is 5.46. The highest BCUT2D eigenvalue weighted by atomic mass is 19.1. The Hall–Kier alpha value is -1.17. The van der Waals surface area contributed by atoms with Crippen LogP contribution in [0.15, 0.2) is 18.2 Å². The van der Waals surface area contributed by atoms with Gasteiger partial charge in [-0.1, -0.05) is 6.07 Å². The van der Waals surface area contributed by atoms with Gasteiger partial charge in [0.2, 0.25) is 0 Å². The van der Waals surface area contributed by atoms with E-state index in [1.165, 1.54) is 0 Å². The molecule has 5 heteroatoms. The van der Waals surface area contributed by atoms with Crippen LogP contribution in [0.5, 0.6) is 0 Å². The van der Waals surface area contributed by atoms with E-state index in [9.17, 15) is 9.50 Å². The number of nitrogens with zero attached hydrogens (tertiary/aromatic N) is 2. The number of halogens is 1. The number of likely N-dealkylation sites (tertiary alicyclic amines) is 1. The van der Waals surface area contributed by atoms with Gasteiger partial charge in [0, 0.05) is 45.8 Å². The first-order valence-electron chi connectivity index (χ1n) is 7.87. The van der Waals surface area contributed by atoms with Crippen molar-refractivity contribution >= 4 is 5.69 Å². The van der Waals surface area contributed by atoms with Gasteiger partial charge in [0.05, 0.1) is 11.8 Å². The SMILES string of the molecule is OC1CCN(Cc2ccc(F)c(N3CCNCC3)c2)CC1. The van der Waals surface area contributed by atoms with Crippen LogP contribution in [0.4, 0.5) is 10.1 Å². The number of hydrogen-bond acceptors (Lipinski definition) is 4. The van der Waals surface area contributed by atoms with Crippen molar-refractivity contribution in [3.63, 3.8) is 0 Å². The van der Waals surface area contributed by atoms with Gasteiger partial charge < -0.3 is 15.3 Å². The van der Waals surface area contributed by atoms with Crippen LogP contribution in [-0.2, 0) is 6.54 Å². The highest BCUT2D eigenvalue weighted by Crippen LogP contribution is 2.23. The Morgan fingerprint density at radius 3 is 2.57 bits per heavy atom. The quantitative estimate of drug-likeness (QED) is 0.878. The zero-order chi connectivity index (χ0) is 14.7. The van der Waals surface area contributed by atoms with Crippen molar-refractivity contribution in [2.45, 2.75) is 25.5 Å². The molecule has 0 aromatic heterocycles. The predicted octanol–water partition coefficient (Wildman–Crippen LogP) is 1.19. The molecule has 0 radical (unpaired) electrons. The number of hydrogen-bond donors (Lipinski definition) is 2. The fourth-order valence-corrected chi connectivity index (χ4v) is 3.14. The van der Waals surface area contributed by atoms with Crippen molar-refractivity contribution in [2.75, 3.05) is 44.2 Å². The lowest BCUT2D eigenvalue weighted by Gasteiger charge is -2.31. The summed E-state index contributed by atoms with van der Waals surface area (Å²) in [5, 5.41) is 12.8. The second-order valence-corrected chi connectivity index (χ2v) is 6.03. The Morgan fingerprint density at radius 1 is 1.14 bits per heavy atom. The van der Waals surface area contributed by atoms with Crippen LogP contribution in [0.1, 0.15) is 18.4 Å². The second kappa shape index (κ2) is 6.73.